The van der Waals surface area contributed by atoms with Gasteiger partial charge in [0.05, 0.1) is 32.6 Å². The Morgan fingerprint density at radius 3 is 2.67 bits per heavy atom. The number of rotatable bonds is 12. The zero-order valence-electron chi connectivity index (χ0n) is 24.0. The number of hydrogen-bond donors (Lipinski definition) is 4. The maximum absolute atomic E-state index is 13.4. The molecular weight excluding hydrogens is 514 g/mol. The Balaban J connectivity index is 1.53. The molecule has 0 bridgehead atoms. The lowest BCUT2D eigenvalue weighted by atomic mass is 9.47. The molecule has 4 rings (SSSR count). The van der Waals surface area contributed by atoms with E-state index in [2.05, 4.69) is 24.5 Å². The van der Waals surface area contributed by atoms with Gasteiger partial charge in [-0.3, -0.25) is 4.79 Å². The first-order valence-corrected chi connectivity index (χ1v) is 15.0. The lowest BCUT2D eigenvalue weighted by Gasteiger charge is -2.58. The molecule has 0 radical (unpaired) electrons. The fraction of sp³-hybridized carbons (Fsp3) is 0.667. The maximum Gasteiger partial charge on any atom is 0.220 e. The van der Waals surface area contributed by atoms with Gasteiger partial charge in [-0.05, 0) is 61.1 Å². The van der Waals surface area contributed by atoms with Gasteiger partial charge < -0.3 is 30.3 Å². The van der Waals surface area contributed by atoms with Gasteiger partial charge in [-0.2, -0.15) is 0 Å². The van der Waals surface area contributed by atoms with Crippen molar-refractivity contribution in [1.29, 1.82) is 0 Å². The summed E-state index contributed by atoms with van der Waals surface area (Å²) in [4.78, 5) is 19.6. The second-order valence-corrected chi connectivity index (χ2v) is 12.7. The minimum Gasteiger partial charge on any atom is -0.493 e. The zero-order valence-corrected chi connectivity index (χ0v) is 24.8. The highest BCUT2D eigenvalue weighted by molar-refractivity contribution is 7.15. The van der Waals surface area contributed by atoms with Gasteiger partial charge in [-0.25, -0.2) is 4.98 Å². The van der Waals surface area contributed by atoms with Crippen molar-refractivity contribution in [1.82, 2.24) is 10.3 Å². The average molecular weight is 560 g/mol. The Morgan fingerprint density at radius 1 is 1.21 bits per heavy atom. The minimum atomic E-state index is -0.618. The topological polar surface area (TPSA) is 113 Å². The first-order valence-electron chi connectivity index (χ1n) is 14.2. The Bertz CT molecular complexity index is 1140. The van der Waals surface area contributed by atoms with Crippen LogP contribution in [0.1, 0.15) is 74.9 Å². The molecule has 216 valence electrons. The maximum atomic E-state index is 13.4. The van der Waals surface area contributed by atoms with Crippen molar-refractivity contribution in [3.05, 3.63) is 34.3 Å². The van der Waals surface area contributed by atoms with E-state index in [4.69, 9.17) is 14.5 Å². The number of carbonyl (C=O) groups is 1. The highest BCUT2D eigenvalue weighted by atomic mass is 32.1. The van der Waals surface area contributed by atoms with E-state index in [0.29, 0.717) is 37.3 Å². The highest BCUT2D eigenvalue weighted by Gasteiger charge is 2.59. The molecule has 5 atom stereocenters. The molecule has 9 heteroatoms. The van der Waals surface area contributed by atoms with Crippen molar-refractivity contribution in [3.8, 4) is 11.5 Å². The molecule has 1 saturated carbocycles. The first-order chi connectivity index (χ1) is 18.7. The van der Waals surface area contributed by atoms with Gasteiger partial charge in [-0.1, -0.05) is 33.3 Å². The van der Waals surface area contributed by atoms with E-state index in [-0.39, 0.29) is 29.8 Å². The fourth-order valence-corrected chi connectivity index (χ4v) is 7.83. The third kappa shape index (κ3) is 5.91. The molecule has 1 aromatic carbocycles. The Labute approximate surface area is 236 Å². The van der Waals surface area contributed by atoms with Crippen LogP contribution in [0.3, 0.4) is 0 Å². The normalized spacial score (nSPS) is 27.8. The summed E-state index contributed by atoms with van der Waals surface area (Å²) in [6.45, 7) is 7.73. The number of nitrogens with zero attached hydrogens (tertiary/aromatic N) is 1. The molecular formula is C30H45N3O5S. The third-order valence-electron chi connectivity index (χ3n) is 9.27. The molecule has 2 aromatic rings. The van der Waals surface area contributed by atoms with Gasteiger partial charge in [0, 0.05) is 35.7 Å². The van der Waals surface area contributed by atoms with Crippen molar-refractivity contribution >= 4 is 22.4 Å². The number of aliphatic hydroxyl groups is 2. The van der Waals surface area contributed by atoms with Crippen LogP contribution in [-0.4, -0.2) is 61.1 Å². The largest absolute Gasteiger partial charge is 0.493 e. The molecule has 1 aromatic heterocycles. The Kier molecular flexibility index (Phi) is 9.45. The number of benzene rings is 1. The van der Waals surface area contributed by atoms with Crippen molar-refractivity contribution in [2.75, 3.05) is 39.2 Å². The van der Waals surface area contributed by atoms with E-state index in [0.717, 1.165) is 48.6 Å². The summed E-state index contributed by atoms with van der Waals surface area (Å²) in [5, 5.41) is 28.9. The van der Waals surface area contributed by atoms with Gasteiger partial charge in [0.15, 0.2) is 16.6 Å². The van der Waals surface area contributed by atoms with Crippen molar-refractivity contribution in [2.24, 2.45) is 16.7 Å². The number of anilines is 1. The van der Waals surface area contributed by atoms with Crippen molar-refractivity contribution in [3.63, 3.8) is 0 Å². The SMILES string of the molecule is CCCCNc1nc2c(s1)CC1C(C)(CO)C(O)CCC1(C)C2CC(=O)NCCc1ccc(OC)c(OC)c1. The van der Waals surface area contributed by atoms with E-state index < -0.39 is 11.5 Å². The van der Waals surface area contributed by atoms with Gasteiger partial charge in [0.1, 0.15) is 0 Å². The van der Waals surface area contributed by atoms with Gasteiger partial charge in [-0.15, -0.1) is 11.3 Å². The average Bonchev–Trinajstić information content (AvgIpc) is 3.34. The van der Waals surface area contributed by atoms with Crippen LogP contribution in [-0.2, 0) is 17.6 Å². The van der Waals surface area contributed by atoms with Crippen LogP contribution in [0.15, 0.2) is 18.2 Å². The van der Waals surface area contributed by atoms with Gasteiger partial charge in [0.2, 0.25) is 5.91 Å². The zero-order chi connectivity index (χ0) is 28.2. The van der Waals surface area contributed by atoms with Crippen molar-refractivity contribution < 1.29 is 24.5 Å². The number of ether oxygens (including phenoxy) is 2. The molecule has 1 heterocycles. The summed E-state index contributed by atoms with van der Waals surface area (Å²) in [5.74, 6) is 1.33. The van der Waals surface area contributed by atoms with E-state index >= 15 is 0 Å². The molecule has 2 aliphatic carbocycles. The van der Waals surface area contributed by atoms with Crippen LogP contribution in [0.5, 0.6) is 11.5 Å². The predicted octanol–water partition coefficient (Wildman–Crippen LogP) is 4.54. The van der Waals surface area contributed by atoms with Crippen LogP contribution in [0.25, 0.3) is 0 Å². The van der Waals surface area contributed by atoms with Crippen LogP contribution in [0.4, 0.5) is 5.13 Å². The molecule has 0 saturated heterocycles. The number of hydrogen-bond acceptors (Lipinski definition) is 8. The summed E-state index contributed by atoms with van der Waals surface area (Å²) < 4.78 is 10.7. The second kappa shape index (κ2) is 12.4. The second-order valence-electron chi connectivity index (χ2n) is 11.6. The molecule has 5 unspecified atom stereocenters. The summed E-state index contributed by atoms with van der Waals surface area (Å²) >= 11 is 1.67. The molecule has 1 fully saturated rings. The van der Waals surface area contributed by atoms with Crippen LogP contribution in [0, 0.1) is 16.7 Å². The van der Waals surface area contributed by atoms with Crippen LogP contribution < -0.4 is 20.1 Å². The molecule has 39 heavy (non-hydrogen) atoms. The quantitative estimate of drug-likeness (QED) is 0.283. The Hall–Kier alpha value is -2.36. The smallest absolute Gasteiger partial charge is 0.220 e. The number of thiazole rings is 1. The summed E-state index contributed by atoms with van der Waals surface area (Å²) in [5.41, 5.74) is 1.21. The monoisotopic (exact) mass is 559 g/mol. The van der Waals surface area contributed by atoms with Crippen LogP contribution in [0.2, 0.25) is 0 Å². The number of carbonyl (C=O) groups excluding carboxylic acids is 1. The number of amides is 1. The summed E-state index contributed by atoms with van der Waals surface area (Å²) in [6, 6.07) is 5.80. The lowest BCUT2D eigenvalue weighted by Crippen LogP contribution is -2.57. The summed E-state index contributed by atoms with van der Waals surface area (Å²) in [7, 11) is 3.23. The van der Waals surface area contributed by atoms with E-state index in [9.17, 15) is 15.0 Å². The minimum absolute atomic E-state index is 0.00128. The van der Waals surface area contributed by atoms with E-state index in [1.54, 1.807) is 25.6 Å². The molecule has 8 nitrogen and oxygen atoms in total. The fourth-order valence-electron chi connectivity index (χ4n) is 6.73. The standard InChI is InChI=1S/C30H45N3O5S/c1-6-7-13-32-28-33-27-20(16-26(36)31-14-11-19-8-9-21(37-4)22(15-19)38-5)29(2)12-10-25(35)30(3,18-34)24(29)17-23(27)39-28/h8-9,15,20,24-25,34-35H,6-7,10-14,16-18H2,1-5H3,(H,31,36)(H,32,33). The molecule has 0 spiro atoms. The molecule has 0 aliphatic heterocycles. The number of methoxy groups -OCH3 is 2. The number of fused-ring (bicyclic) bond motifs is 2. The van der Waals surface area contributed by atoms with Gasteiger partial charge >= 0.3 is 0 Å². The van der Waals surface area contributed by atoms with Gasteiger partial charge in [0.25, 0.3) is 0 Å². The number of aliphatic hydroxyl groups excluding tert-OH is 2. The van der Waals surface area contributed by atoms with Crippen molar-refractivity contribution in [2.45, 2.75) is 77.7 Å². The molecule has 4 N–H and O–H groups in total. The van der Waals surface area contributed by atoms with E-state index in [1.165, 1.54) is 4.88 Å². The third-order valence-corrected chi connectivity index (χ3v) is 10.3. The lowest BCUT2D eigenvalue weighted by molar-refractivity contribution is -0.144. The van der Waals surface area contributed by atoms with E-state index in [1.807, 2.05) is 25.1 Å². The molecule has 2 aliphatic rings. The number of aromatic nitrogens is 1. The Morgan fingerprint density at radius 2 is 1.97 bits per heavy atom. The predicted molar refractivity (Wildman–Crippen MR) is 155 cm³/mol. The van der Waals surface area contributed by atoms with Crippen LogP contribution >= 0.6 is 11.3 Å². The summed E-state index contributed by atoms with van der Waals surface area (Å²) in [6.07, 6.45) is 4.82. The highest BCUT2D eigenvalue weighted by Crippen LogP contribution is 2.62. The molecule has 1 amide bonds. The number of unbranched alkanes of at least 4 members (excludes halogenated alkanes) is 1. The first kappa shape index (κ1) is 29.6. The number of nitrogens with one attached hydrogen (secondary N) is 2.